The van der Waals surface area contributed by atoms with Gasteiger partial charge in [0.25, 0.3) is 0 Å². The third kappa shape index (κ3) is 1.59. The van der Waals surface area contributed by atoms with Crippen LogP contribution in [0.4, 0.5) is 0 Å². The lowest BCUT2D eigenvalue weighted by molar-refractivity contribution is 0.475. The molecular formula is C12H11NO. The van der Waals surface area contributed by atoms with Gasteiger partial charge in [-0.3, -0.25) is 4.98 Å². The van der Waals surface area contributed by atoms with Crippen molar-refractivity contribution in [1.29, 1.82) is 0 Å². The number of aromatic nitrogens is 1. The fourth-order valence-electron chi connectivity index (χ4n) is 1.44. The largest absolute Gasteiger partial charge is 0.508 e. The van der Waals surface area contributed by atoms with E-state index >= 15 is 0 Å². The van der Waals surface area contributed by atoms with Gasteiger partial charge in [0.15, 0.2) is 0 Å². The molecule has 0 atom stereocenters. The molecule has 0 aliphatic heterocycles. The van der Waals surface area contributed by atoms with Gasteiger partial charge in [0.1, 0.15) is 5.75 Å². The number of pyridine rings is 1. The van der Waals surface area contributed by atoms with Crippen LogP contribution >= 0.6 is 0 Å². The number of aromatic hydroxyl groups is 1. The van der Waals surface area contributed by atoms with Crippen LogP contribution in [0, 0.1) is 6.92 Å². The molecule has 0 aliphatic rings. The van der Waals surface area contributed by atoms with E-state index in [1.807, 2.05) is 31.3 Å². The van der Waals surface area contributed by atoms with Gasteiger partial charge in [-0.15, -0.1) is 0 Å². The van der Waals surface area contributed by atoms with Crippen molar-refractivity contribution >= 4 is 0 Å². The lowest BCUT2D eigenvalue weighted by atomic mass is 10.0. The predicted molar refractivity (Wildman–Crippen MR) is 56.1 cm³/mol. The van der Waals surface area contributed by atoms with Crippen LogP contribution in [0.2, 0.25) is 0 Å². The molecule has 0 aliphatic carbocycles. The zero-order valence-corrected chi connectivity index (χ0v) is 7.94. The van der Waals surface area contributed by atoms with Crippen molar-refractivity contribution in [2.75, 3.05) is 0 Å². The maximum atomic E-state index is 9.34. The molecule has 0 fully saturated rings. The minimum atomic E-state index is 0.283. The van der Waals surface area contributed by atoms with Gasteiger partial charge in [-0.25, -0.2) is 0 Å². The van der Waals surface area contributed by atoms with E-state index in [1.54, 1.807) is 18.3 Å². The first-order valence-corrected chi connectivity index (χ1v) is 4.47. The van der Waals surface area contributed by atoms with Crippen molar-refractivity contribution < 1.29 is 5.11 Å². The second kappa shape index (κ2) is 3.50. The van der Waals surface area contributed by atoms with E-state index in [-0.39, 0.29) is 5.75 Å². The Morgan fingerprint density at radius 1 is 1.21 bits per heavy atom. The average molecular weight is 185 g/mol. The second-order valence-electron chi connectivity index (χ2n) is 3.24. The summed E-state index contributed by atoms with van der Waals surface area (Å²) in [6.07, 6.45) is 3.58. The van der Waals surface area contributed by atoms with Crippen LogP contribution < -0.4 is 0 Å². The number of phenolic OH excluding ortho intramolecular Hbond substituents is 1. The minimum Gasteiger partial charge on any atom is -0.508 e. The number of aryl methyl sites for hydroxylation is 1. The van der Waals surface area contributed by atoms with E-state index in [1.165, 1.54) is 0 Å². The van der Waals surface area contributed by atoms with Gasteiger partial charge >= 0.3 is 0 Å². The molecule has 1 aromatic carbocycles. The normalized spacial score (nSPS) is 10.1. The van der Waals surface area contributed by atoms with Crippen molar-refractivity contribution in [3.05, 3.63) is 48.3 Å². The molecule has 0 amide bonds. The van der Waals surface area contributed by atoms with Crippen LogP contribution in [-0.2, 0) is 0 Å². The predicted octanol–water partition coefficient (Wildman–Crippen LogP) is 2.76. The van der Waals surface area contributed by atoms with Crippen LogP contribution in [0.25, 0.3) is 11.1 Å². The molecule has 1 heterocycles. The quantitative estimate of drug-likeness (QED) is 0.741. The van der Waals surface area contributed by atoms with Crippen LogP contribution in [0.15, 0.2) is 42.7 Å². The Morgan fingerprint density at radius 3 is 2.79 bits per heavy atom. The molecular weight excluding hydrogens is 174 g/mol. The zero-order valence-electron chi connectivity index (χ0n) is 7.94. The molecule has 2 aromatic rings. The van der Waals surface area contributed by atoms with Crippen molar-refractivity contribution in [3.63, 3.8) is 0 Å². The lowest BCUT2D eigenvalue weighted by Gasteiger charge is -2.04. The molecule has 1 aromatic heterocycles. The highest BCUT2D eigenvalue weighted by molar-refractivity contribution is 5.67. The topological polar surface area (TPSA) is 33.1 Å². The van der Waals surface area contributed by atoms with E-state index in [4.69, 9.17) is 0 Å². The summed E-state index contributed by atoms with van der Waals surface area (Å²) in [5.74, 6) is 0.283. The van der Waals surface area contributed by atoms with Gasteiger partial charge in [0, 0.05) is 18.0 Å². The molecule has 0 saturated heterocycles. The zero-order chi connectivity index (χ0) is 9.97. The van der Waals surface area contributed by atoms with E-state index in [2.05, 4.69) is 4.98 Å². The van der Waals surface area contributed by atoms with Crippen LogP contribution in [0.1, 0.15) is 5.56 Å². The number of hydrogen-bond acceptors (Lipinski definition) is 2. The number of rotatable bonds is 1. The fourth-order valence-corrected chi connectivity index (χ4v) is 1.44. The van der Waals surface area contributed by atoms with Crippen LogP contribution in [0.3, 0.4) is 0 Å². The van der Waals surface area contributed by atoms with Crippen molar-refractivity contribution in [1.82, 2.24) is 4.98 Å². The Morgan fingerprint density at radius 2 is 2.07 bits per heavy atom. The molecule has 0 radical (unpaired) electrons. The van der Waals surface area contributed by atoms with E-state index in [9.17, 15) is 5.11 Å². The Hall–Kier alpha value is -1.83. The Kier molecular flexibility index (Phi) is 2.19. The SMILES string of the molecule is Cc1ccncc1-c1cccc(O)c1. The minimum absolute atomic E-state index is 0.283. The standard InChI is InChI=1S/C12H11NO/c1-9-5-6-13-8-12(9)10-3-2-4-11(14)7-10/h2-8,14H,1H3. The fraction of sp³-hybridized carbons (Fsp3) is 0.0833. The molecule has 2 heteroatoms. The third-order valence-electron chi connectivity index (χ3n) is 2.20. The molecule has 0 unspecified atom stereocenters. The maximum absolute atomic E-state index is 9.34. The Balaban J connectivity index is 2.55. The molecule has 1 N–H and O–H groups in total. The molecule has 2 rings (SSSR count). The van der Waals surface area contributed by atoms with E-state index in [0.29, 0.717) is 0 Å². The average Bonchev–Trinajstić information content (AvgIpc) is 2.18. The number of nitrogens with zero attached hydrogens (tertiary/aromatic N) is 1. The molecule has 70 valence electrons. The van der Waals surface area contributed by atoms with Crippen LogP contribution in [0.5, 0.6) is 5.75 Å². The number of phenols is 1. The van der Waals surface area contributed by atoms with Crippen molar-refractivity contribution in [2.45, 2.75) is 6.92 Å². The highest BCUT2D eigenvalue weighted by Crippen LogP contribution is 2.24. The monoisotopic (exact) mass is 185 g/mol. The summed E-state index contributed by atoms with van der Waals surface area (Å²) in [6, 6.07) is 9.15. The first kappa shape index (κ1) is 8.75. The van der Waals surface area contributed by atoms with Gasteiger partial charge < -0.3 is 5.11 Å². The van der Waals surface area contributed by atoms with Crippen molar-refractivity contribution in [2.24, 2.45) is 0 Å². The Labute approximate surface area is 82.9 Å². The summed E-state index contributed by atoms with van der Waals surface area (Å²) in [5, 5.41) is 9.34. The molecule has 14 heavy (non-hydrogen) atoms. The molecule has 2 nitrogen and oxygen atoms in total. The number of hydrogen-bond donors (Lipinski definition) is 1. The highest BCUT2D eigenvalue weighted by atomic mass is 16.3. The summed E-state index contributed by atoms with van der Waals surface area (Å²) < 4.78 is 0. The second-order valence-corrected chi connectivity index (χ2v) is 3.24. The maximum Gasteiger partial charge on any atom is 0.116 e. The summed E-state index contributed by atoms with van der Waals surface area (Å²) in [6.45, 7) is 2.03. The van der Waals surface area contributed by atoms with Gasteiger partial charge in [-0.2, -0.15) is 0 Å². The first-order chi connectivity index (χ1) is 6.77. The van der Waals surface area contributed by atoms with Crippen molar-refractivity contribution in [3.8, 4) is 16.9 Å². The summed E-state index contributed by atoms with van der Waals surface area (Å²) >= 11 is 0. The summed E-state index contributed by atoms with van der Waals surface area (Å²) in [5.41, 5.74) is 3.21. The lowest BCUT2D eigenvalue weighted by Crippen LogP contribution is -1.83. The van der Waals surface area contributed by atoms with Crippen LogP contribution in [-0.4, -0.2) is 10.1 Å². The van der Waals surface area contributed by atoms with E-state index < -0.39 is 0 Å². The van der Waals surface area contributed by atoms with Gasteiger partial charge in [0.2, 0.25) is 0 Å². The number of benzene rings is 1. The summed E-state index contributed by atoms with van der Waals surface area (Å²) in [4.78, 5) is 4.07. The smallest absolute Gasteiger partial charge is 0.116 e. The van der Waals surface area contributed by atoms with E-state index in [0.717, 1.165) is 16.7 Å². The van der Waals surface area contributed by atoms with Gasteiger partial charge in [0.05, 0.1) is 0 Å². The highest BCUT2D eigenvalue weighted by Gasteiger charge is 2.01. The summed E-state index contributed by atoms with van der Waals surface area (Å²) in [7, 11) is 0. The van der Waals surface area contributed by atoms with Gasteiger partial charge in [-0.05, 0) is 36.2 Å². The third-order valence-corrected chi connectivity index (χ3v) is 2.20. The molecule has 0 saturated carbocycles. The molecule has 0 bridgehead atoms. The Bertz CT molecular complexity index is 452. The molecule has 0 spiro atoms. The first-order valence-electron chi connectivity index (χ1n) is 4.47. The van der Waals surface area contributed by atoms with Gasteiger partial charge in [-0.1, -0.05) is 12.1 Å².